The highest BCUT2D eigenvalue weighted by molar-refractivity contribution is 7.99. The first-order valence-corrected chi connectivity index (χ1v) is 11.1. The second-order valence-electron chi connectivity index (χ2n) is 7.03. The first kappa shape index (κ1) is 20.3. The van der Waals surface area contributed by atoms with Gasteiger partial charge in [-0.3, -0.25) is 9.36 Å². The molecule has 1 unspecified atom stereocenters. The van der Waals surface area contributed by atoms with Crippen molar-refractivity contribution < 1.29 is 4.79 Å². The average molecular weight is 447 g/mol. The molecule has 1 fully saturated rings. The quantitative estimate of drug-likeness (QED) is 0.492. The third kappa shape index (κ3) is 4.77. The van der Waals surface area contributed by atoms with E-state index in [2.05, 4.69) is 20.1 Å². The van der Waals surface area contributed by atoms with Gasteiger partial charge < -0.3 is 5.32 Å². The molecule has 1 saturated carbocycles. The molecule has 150 valence electrons. The van der Waals surface area contributed by atoms with Gasteiger partial charge in [0, 0.05) is 21.7 Å². The molecule has 2 aromatic carbocycles. The number of nitrogens with zero attached hydrogens (tertiary/aromatic N) is 3. The van der Waals surface area contributed by atoms with Crippen molar-refractivity contribution in [1.29, 1.82) is 0 Å². The molecule has 5 nitrogen and oxygen atoms in total. The van der Waals surface area contributed by atoms with Crippen molar-refractivity contribution in [2.45, 2.75) is 36.9 Å². The van der Waals surface area contributed by atoms with Crippen LogP contribution in [0.2, 0.25) is 10.0 Å². The first-order chi connectivity index (χ1) is 14.0. The lowest BCUT2D eigenvalue weighted by Gasteiger charge is -2.16. The smallest absolute Gasteiger partial charge is 0.230 e. The van der Waals surface area contributed by atoms with E-state index in [1.807, 2.05) is 43.3 Å². The highest BCUT2D eigenvalue weighted by Gasteiger charge is 2.31. The number of carbonyl (C=O) groups is 1. The Morgan fingerprint density at radius 3 is 2.66 bits per heavy atom. The summed E-state index contributed by atoms with van der Waals surface area (Å²) in [6.45, 7) is 1.90. The van der Waals surface area contributed by atoms with Crippen LogP contribution < -0.4 is 5.32 Å². The van der Waals surface area contributed by atoms with Gasteiger partial charge in [0.1, 0.15) is 5.82 Å². The first-order valence-electron chi connectivity index (χ1n) is 9.41. The Labute approximate surface area is 183 Å². The summed E-state index contributed by atoms with van der Waals surface area (Å²) in [5.74, 6) is 1.58. The minimum atomic E-state index is -0.220. The zero-order valence-electron chi connectivity index (χ0n) is 15.8. The van der Waals surface area contributed by atoms with E-state index in [0.29, 0.717) is 16.0 Å². The lowest BCUT2D eigenvalue weighted by Crippen LogP contribution is -2.28. The summed E-state index contributed by atoms with van der Waals surface area (Å²) in [6, 6.07) is 15.1. The number of benzene rings is 2. The fraction of sp³-hybridized carbons (Fsp3) is 0.286. The van der Waals surface area contributed by atoms with Crippen molar-refractivity contribution in [3.63, 3.8) is 0 Å². The van der Waals surface area contributed by atoms with Crippen molar-refractivity contribution in [2.24, 2.45) is 0 Å². The Balaban J connectivity index is 1.44. The number of amides is 1. The Bertz CT molecular complexity index is 1020. The van der Waals surface area contributed by atoms with Crippen LogP contribution in [0.4, 0.5) is 0 Å². The molecule has 0 bridgehead atoms. The number of halogens is 2. The molecule has 3 aromatic rings. The van der Waals surface area contributed by atoms with E-state index in [1.54, 1.807) is 12.1 Å². The zero-order chi connectivity index (χ0) is 20.4. The van der Waals surface area contributed by atoms with Crippen molar-refractivity contribution in [2.75, 3.05) is 5.75 Å². The monoisotopic (exact) mass is 446 g/mol. The molecule has 0 spiro atoms. The van der Waals surface area contributed by atoms with Crippen molar-refractivity contribution in [1.82, 2.24) is 20.1 Å². The molecule has 1 aliphatic carbocycles. The third-order valence-corrected chi connectivity index (χ3v) is 6.25. The molecule has 1 N–H and O–H groups in total. The standard InChI is InChI=1S/C21H20Cl2N4OS/c1-13(17-10-9-15(22)11-18(17)23)24-19(28)12-29-21-26-25-20(14-7-8-14)27(21)16-5-3-2-4-6-16/h2-6,9-11,13-14H,7-8,12H2,1H3,(H,24,28). The number of aromatic nitrogens is 3. The van der Waals surface area contributed by atoms with Gasteiger partial charge in [-0.15, -0.1) is 10.2 Å². The van der Waals surface area contributed by atoms with Crippen LogP contribution in [-0.4, -0.2) is 26.4 Å². The van der Waals surface area contributed by atoms with Crippen molar-refractivity contribution >= 4 is 40.9 Å². The Morgan fingerprint density at radius 2 is 1.97 bits per heavy atom. The number of carbonyl (C=O) groups excluding carboxylic acids is 1. The van der Waals surface area contributed by atoms with Crippen LogP contribution >= 0.6 is 35.0 Å². The largest absolute Gasteiger partial charge is 0.349 e. The summed E-state index contributed by atoms with van der Waals surface area (Å²) in [4.78, 5) is 12.5. The fourth-order valence-electron chi connectivity index (χ4n) is 3.14. The van der Waals surface area contributed by atoms with Crippen LogP contribution in [0.25, 0.3) is 5.69 Å². The predicted molar refractivity (Wildman–Crippen MR) is 117 cm³/mol. The Hall–Kier alpha value is -2.02. The van der Waals surface area contributed by atoms with Crippen LogP contribution in [0.3, 0.4) is 0 Å². The summed E-state index contributed by atoms with van der Waals surface area (Å²) in [5, 5.41) is 13.6. The van der Waals surface area contributed by atoms with Gasteiger partial charge in [0.15, 0.2) is 5.16 Å². The molecule has 0 saturated heterocycles. The van der Waals surface area contributed by atoms with Gasteiger partial charge in [-0.2, -0.15) is 0 Å². The SMILES string of the molecule is CC(NC(=O)CSc1nnc(C2CC2)n1-c1ccccc1)c1ccc(Cl)cc1Cl. The molecular weight excluding hydrogens is 427 g/mol. The van der Waals surface area contributed by atoms with E-state index in [0.717, 1.165) is 35.1 Å². The molecule has 0 aliphatic heterocycles. The number of hydrogen-bond donors (Lipinski definition) is 1. The predicted octanol–water partition coefficient (Wildman–Crippen LogP) is 5.42. The normalized spacial score (nSPS) is 14.6. The van der Waals surface area contributed by atoms with Crippen LogP contribution in [0.1, 0.15) is 43.1 Å². The lowest BCUT2D eigenvalue weighted by molar-refractivity contribution is -0.119. The van der Waals surface area contributed by atoms with Gasteiger partial charge in [0.2, 0.25) is 5.91 Å². The van der Waals surface area contributed by atoms with Gasteiger partial charge in [-0.05, 0) is 49.6 Å². The summed E-state index contributed by atoms with van der Waals surface area (Å²) >= 11 is 13.6. The topological polar surface area (TPSA) is 59.8 Å². The Morgan fingerprint density at radius 1 is 1.21 bits per heavy atom. The molecule has 1 heterocycles. The number of para-hydroxylation sites is 1. The van der Waals surface area contributed by atoms with E-state index in [9.17, 15) is 4.79 Å². The highest BCUT2D eigenvalue weighted by Crippen LogP contribution is 2.41. The second kappa shape index (κ2) is 8.78. The zero-order valence-corrected chi connectivity index (χ0v) is 18.1. The molecule has 1 atom stereocenters. The van der Waals surface area contributed by atoms with Gasteiger partial charge in [-0.25, -0.2) is 0 Å². The second-order valence-corrected chi connectivity index (χ2v) is 8.82. The fourth-order valence-corrected chi connectivity index (χ4v) is 4.49. The van der Waals surface area contributed by atoms with Gasteiger partial charge in [0.05, 0.1) is 11.8 Å². The van der Waals surface area contributed by atoms with E-state index in [1.165, 1.54) is 11.8 Å². The molecule has 8 heteroatoms. The van der Waals surface area contributed by atoms with E-state index in [-0.39, 0.29) is 17.7 Å². The highest BCUT2D eigenvalue weighted by atomic mass is 35.5. The minimum absolute atomic E-state index is 0.0934. The molecule has 1 aromatic heterocycles. The minimum Gasteiger partial charge on any atom is -0.349 e. The maximum atomic E-state index is 12.5. The van der Waals surface area contributed by atoms with E-state index < -0.39 is 0 Å². The maximum absolute atomic E-state index is 12.5. The lowest BCUT2D eigenvalue weighted by atomic mass is 10.1. The number of rotatable bonds is 7. The summed E-state index contributed by atoms with van der Waals surface area (Å²) in [6.07, 6.45) is 2.27. The maximum Gasteiger partial charge on any atom is 0.230 e. The molecule has 1 amide bonds. The number of hydrogen-bond acceptors (Lipinski definition) is 4. The molecule has 4 rings (SSSR count). The Kier molecular flexibility index (Phi) is 6.13. The van der Waals surface area contributed by atoms with Crippen LogP contribution in [0, 0.1) is 0 Å². The van der Waals surface area contributed by atoms with E-state index in [4.69, 9.17) is 23.2 Å². The average Bonchev–Trinajstić information content (AvgIpc) is 3.46. The van der Waals surface area contributed by atoms with Gasteiger partial charge >= 0.3 is 0 Å². The molecule has 0 radical (unpaired) electrons. The van der Waals surface area contributed by atoms with Crippen molar-refractivity contribution in [3.8, 4) is 5.69 Å². The van der Waals surface area contributed by atoms with E-state index >= 15 is 0 Å². The number of nitrogens with one attached hydrogen (secondary N) is 1. The van der Waals surface area contributed by atoms with Gasteiger partial charge in [0.25, 0.3) is 0 Å². The van der Waals surface area contributed by atoms with Crippen LogP contribution in [0.5, 0.6) is 0 Å². The third-order valence-electron chi connectivity index (χ3n) is 4.75. The molecular formula is C21H20Cl2N4OS. The summed E-state index contributed by atoms with van der Waals surface area (Å²) < 4.78 is 2.06. The molecule has 29 heavy (non-hydrogen) atoms. The van der Waals surface area contributed by atoms with Gasteiger partial charge in [-0.1, -0.05) is 59.2 Å². The molecule has 1 aliphatic rings. The number of thioether (sulfide) groups is 1. The summed E-state index contributed by atoms with van der Waals surface area (Å²) in [5.41, 5.74) is 1.85. The summed E-state index contributed by atoms with van der Waals surface area (Å²) in [7, 11) is 0. The van der Waals surface area contributed by atoms with Crippen LogP contribution in [0.15, 0.2) is 53.7 Å². The van der Waals surface area contributed by atoms with Crippen molar-refractivity contribution in [3.05, 3.63) is 70.0 Å². The van der Waals surface area contributed by atoms with Crippen LogP contribution in [-0.2, 0) is 4.79 Å².